The molecule has 102 valence electrons. The van der Waals surface area contributed by atoms with Crippen LogP contribution in [0, 0.1) is 6.92 Å². The molecule has 0 saturated carbocycles. The number of furan rings is 1. The van der Waals surface area contributed by atoms with E-state index >= 15 is 0 Å². The van der Waals surface area contributed by atoms with E-state index in [-0.39, 0.29) is 12.6 Å². The minimum atomic E-state index is -0.524. The second-order valence-electron chi connectivity index (χ2n) is 5.29. The van der Waals surface area contributed by atoms with E-state index in [9.17, 15) is 4.79 Å². The quantitative estimate of drug-likeness (QED) is 0.899. The minimum absolute atomic E-state index is 0.280. The second-order valence-corrected chi connectivity index (χ2v) is 5.29. The van der Waals surface area contributed by atoms with Gasteiger partial charge in [0.2, 0.25) is 0 Å². The van der Waals surface area contributed by atoms with E-state index in [2.05, 4.69) is 0 Å². The zero-order valence-electron chi connectivity index (χ0n) is 11.7. The van der Waals surface area contributed by atoms with Gasteiger partial charge in [0.15, 0.2) is 0 Å². The molecular formula is C13H22N2O3. The molecule has 1 atom stereocenters. The molecule has 0 saturated heterocycles. The molecule has 0 bridgehead atoms. The molecular weight excluding hydrogens is 232 g/mol. The molecule has 1 heterocycles. The van der Waals surface area contributed by atoms with E-state index < -0.39 is 11.7 Å². The largest absolute Gasteiger partial charge is 0.464 e. The SMILES string of the molecule is Cc1ccc(C(CN)N(C)C(=O)OC(C)(C)C)o1. The molecule has 18 heavy (non-hydrogen) atoms. The fourth-order valence-corrected chi connectivity index (χ4v) is 1.56. The van der Waals surface area contributed by atoms with Crippen molar-refractivity contribution in [3.63, 3.8) is 0 Å². The van der Waals surface area contributed by atoms with Gasteiger partial charge in [0.1, 0.15) is 23.2 Å². The van der Waals surface area contributed by atoms with Gasteiger partial charge in [0, 0.05) is 13.6 Å². The van der Waals surface area contributed by atoms with Crippen LogP contribution in [0.15, 0.2) is 16.5 Å². The van der Waals surface area contributed by atoms with Crippen molar-refractivity contribution in [1.29, 1.82) is 0 Å². The molecule has 0 aliphatic rings. The maximum Gasteiger partial charge on any atom is 0.410 e. The molecule has 0 aliphatic carbocycles. The third-order valence-electron chi connectivity index (χ3n) is 2.46. The van der Waals surface area contributed by atoms with Crippen LogP contribution in [0.1, 0.15) is 38.3 Å². The number of hydrogen-bond acceptors (Lipinski definition) is 4. The number of carbonyl (C=O) groups is 1. The molecule has 1 unspecified atom stereocenters. The Labute approximate surface area is 108 Å². The molecule has 0 spiro atoms. The highest BCUT2D eigenvalue weighted by molar-refractivity contribution is 5.68. The number of nitrogens with two attached hydrogens (primary N) is 1. The third kappa shape index (κ3) is 3.77. The number of likely N-dealkylation sites (N-methyl/N-ethyl adjacent to an activating group) is 1. The highest BCUT2D eigenvalue weighted by Gasteiger charge is 2.27. The Morgan fingerprint density at radius 1 is 1.50 bits per heavy atom. The Bertz CT molecular complexity index is 407. The van der Waals surface area contributed by atoms with E-state index in [1.807, 2.05) is 39.8 Å². The number of carbonyl (C=O) groups excluding carboxylic acids is 1. The Morgan fingerprint density at radius 2 is 2.11 bits per heavy atom. The molecule has 5 nitrogen and oxygen atoms in total. The van der Waals surface area contributed by atoms with Crippen LogP contribution in [0.2, 0.25) is 0 Å². The van der Waals surface area contributed by atoms with Gasteiger partial charge in [-0.3, -0.25) is 4.90 Å². The summed E-state index contributed by atoms with van der Waals surface area (Å²) in [4.78, 5) is 13.4. The summed E-state index contributed by atoms with van der Waals surface area (Å²) in [5, 5.41) is 0. The van der Waals surface area contributed by atoms with Gasteiger partial charge in [-0.15, -0.1) is 0 Å². The molecule has 1 rings (SSSR count). The zero-order chi connectivity index (χ0) is 13.9. The first-order valence-corrected chi connectivity index (χ1v) is 5.97. The Hall–Kier alpha value is -1.49. The van der Waals surface area contributed by atoms with E-state index in [0.717, 1.165) is 5.76 Å². The first-order valence-electron chi connectivity index (χ1n) is 5.97. The fraction of sp³-hybridized carbons (Fsp3) is 0.615. The smallest absolute Gasteiger partial charge is 0.410 e. The zero-order valence-corrected chi connectivity index (χ0v) is 11.7. The van der Waals surface area contributed by atoms with Crippen molar-refractivity contribution >= 4 is 6.09 Å². The summed E-state index contributed by atoms with van der Waals surface area (Å²) in [5.41, 5.74) is 5.18. The van der Waals surface area contributed by atoms with Crippen molar-refractivity contribution in [2.45, 2.75) is 39.3 Å². The third-order valence-corrected chi connectivity index (χ3v) is 2.46. The lowest BCUT2D eigenvalue weighted by atomic mass is 10.2. The number of aryl methyl sites for hydroxylation is 1. The van der Waals surface area contributed by atoms with Gasteiger partial charge in [-0.2, -0.15) is 0 Å². The average molecular weight is 254 g/mol. The lowest BCUT2D eigenvalue weighted by molar-refractivity contribution is 0.0207. The van der Waals surface area contributed by atoms with Crippen LogP contribution in [-0.4, -0.2) is 30.2 Å². The molecule has 2 N–H and O–H groups in total. The van der Waals surface area contributed by atoms with Crippen LogP contribution in [-0.2, 0) is 4.74 Å². The van der Waals surface area contributed by atoms with Gasteiger partial charge in [-0.25, -0.2) is 4.79 Å². The normalized spacial score (nSPS) is 13.2. The number of amides is 1. The summed E-state index contributed by atoms with van der Waals surface area (Å²) in [6.07, 6.45) is -0.410. The number of rotatable bonds is 3. The van der Waals surface area contributed by atoms with Gasteiger partial charge in [0.05, 0.1) is 0 Å². The predicted octanol–water partition coefficient (Wildman–Crippen LogP) is 2.45. The lowest BCUT2D eigenvalue weighted by Crippen LogP contribution is -2.39. The number of hydrogen-bond donors (Lipinski definition) is 1. The average Bonchev–Trinajstić information content (AvgIpc) is 2.63. The van der Waals surface area contributed by atoms with Crippen LogP contribution in [0.5, 0.6) is 0 Å². The minimum Gasteiger partial charge on any atom is -0.464 e. The fourth-order valence-electron chi connectivity index (χ4n) is 1.56. The van der Waals surface area contributed by atoms with E-state index in [0.29, 0.717) is 5.76 Å². The standard InChI is InChI=1S/C13H22N2O3/c1-9-6-7-11(17-9)10(8-14)15(5)12(16)18-13(2,3)4/h6-7,10H,8,14H2,1-5H3. The maximum absolute atomic E-state index is 11.9. The number of nitrogens with zero attached hydrogens (tertiary/aromatic N) is 1. The van der Waals surface area contributed by atoms with Gasteiger partial charge in [-0.1, -0.05) is 0 Å². The molecule has 1 amide bonds. The molecule has 1 aromatic rings. The molecule has 1 aromatic heterocycles. The second kappa shape index (κ2) is 5.44. The van der Waals surface area contributed by atoms with Crippen LogP contribution >= 0.6 is 0 Å². The molecule has 5 heteroatoms. The molecule has 0 fully saturated rings. The van der Waals surface area contributed by atoms with E-state index in [1.165, 1.54) is 4.90 Å². The van der Waals surface area contributed by atoms with Crippen molar-refractivity contribution in [3.8, 4) is 0 Å². The Kier molecular flexibility index (Phi) is 4.40. The summed E-state index contributed by atoms with van der Waals surface area (Å²) in [6.45, 7) is 7.61. The van der Waals surface area contributed by atoms with Crippen molar-refractivity contribution < 1.29 is 13.9 Å². The molecule has 0 aromatic carbocycles. The van der Waals surface area contributed by atoms with Gasteiger partial charge in [0.25, 0.3) is 0 Å². The van der Waals surface area contributed by atoms with Crippen LogP contribution in [0.25, 0.3) is 0 Å². The van der Waals surface area contributed by atoms with Gasteiger partial charge < -0.3 is 14.9 Å². The first-order chi connectivity index (χ1) is 8.24. The monoisotopic (exact) mass is 254 g/mol. The summed E-state index contributed by atoms with van der Waals surface area (Å²) >= 11 is 0. The van der Waals surface area contributed by atoms with Crippen molar-refractivity contribution in [3.05, 3.63) is 23.7 Å². The Balaban J connectivity index is 2.80. The predicted molar refractivity (Wildman–Crippen MR) is 69.2 cm³/mol. The number of ether oxygens (including phenoxy) is 1. The summed E-state index contributed by atoms with van der Waals surface area (Å²) in [6, 6.07) is 3.36. The van der Waals surface area contributed by atoms with Gasteiger partial charge >= 0.3 is 6.09 Å². The Morgan fingerprint density at radius 3 is 2.50 bits per heavy atom. The van der Waals surface area contributed by atoms with Crippen molar-refractivity contribution in [2.75, 3.05) is 13.6 Å². The maximum atomic E-state index is 11.9. The van der Waals surface area contributed by atoms with Crippen molar-refractivity contribution in [1.82, 2.24) is 4.90 Å². The summed E-state index contributed by atoms with van der Waals surface area (Å²) in [5.74, 6) is 1.46. The highest BCUT2D eigenvalue weighted by atomic mass is 16.6. The van der Waals surface area contributed by atoms with Crippen LogP contribution in [0.3, 0.4) is 0 Å². The first kappa shape index (κ1) is 14.6. The van der Waals surface area contributed by atoms with Crippen LogP contribution < -0.4 is 5.73 Å². The van der Waals surface area contributed by atoms with Gasteiger partial charge in [-0.05, 0) is 39.8 Å². The highest BCUT2D eigenvalue weighted by Crippen LogP contribution is 2.22. The molecule has 0 radical (unpaired) electrons. The summed E-state index contributed by atoms with van der Waals surface area (Å²) < 4.78 is 10.8. The van der Waals surface area contributed by atoms with E-state index in [1.54, 1.807) is 7.05 Å². The lowest BCUT2D eigenvalue weighted by Gasteiger charge is -2.29. The van der Waals surface area contributed by atoms with Crippen LogP contribution in [0.4, 0.5) is 4.79 Å². The van der Waals surface area contributed by atoms with Crippen molar-refractivity contribution in [2.24, 2.45) is 5.73 Å². The topological polar surface area (TPSA) is 68.7 Å². The van der Waals surface area contributed by atoms with E-state index in [4.69, 9.17) is 14.9 Å². The summed E-state index contributed by atoms with van der Waals surface area (Å²) in [7, 11) is 1.66. The molecule has 0 aliphatic heterocycles.